The molecule has 1 atom stereocenters. The summed E-state index contributed by atoms with van der Waals surface area (Å²) in [6, 6.07) is 13.3. The van der Waals surface area contributed by atoms with Crippen LogP contribution in [0.2, 0.25) is 0 Å². The predicted octanol–water partition coefficient (Wildman–Crippen LogP) is 5.01. The van der Waals surface area contributed by atoms with Crippen LogP contribution in [0.25, 0.3) is 0 Å². The van der Waals surface area contributed by atoms with Crippen LogP contribution in [0.1, 0.15) is 50.1 Å². The third-order valence-electron chi connectivity index (χ3n) is 6.01. The SMILES string of the molecule is COc1ccc(C(NC(=O)Nc2ccc3c(c2)OC2(CCCC2)O3)C2CC2)cc1. The lowest BCUT2D eigenvalue weighted by Gasteiger charge is -2.21. The van der Waals surface area contributed by atoms with Gasteiger partial charge in [0.1, 0.15) is 5.75 Å². The van der Waals surface area contributed by atoms with Gasteiger partial charge in [-0.1, -0.05) is 12.1 Å². The number of hydrogen-bond acceptors (Lipinski definition) is 4. The van der Waals surface area contributed by atoms with E-state index in [4.69, 9.17) is 14.2 Å². The monoisotopic (exact) mass is 394 g/mol. The van der Waals surface area contributed by atoms with Crippen LogP contribution in [0.3, 0.4) is 0 Å². The third-order valence-corrected chi connectivity index (χ3v) is 6.01. The van der Waals surface area contributed by atoms with Gasteiger partial charge in [-0.3, -0.25) is 0 Å². The first kappa shape index (κ1) is 18.2. The summed E-state index contributed by atoms with van der Waals surface area (Å²) >= 11 is 0. The lowest BCUT2D eigenvalue weighted by molar-refractivity contribution is -0.0716. The smallest absolute Gasteiger partial charge is 0.319 e. The molecule has 1 heterocycles. The number of nitrogens with one attached hydrogen (secondary N) is 2. The summed E-state index contributed by atoms with van der Waals surface area (Å²) in [7, 11) is 1.65. The summed E-state index contributed by atoms with van der Waals surface area (Å²) in [4.78, 5) is 12.7. The highest BCUT2D eigenvalue weighted by Gasteiger charge is 2.44. The molecule has 2 N–H and O–H groups in total. The Kier molecular flexibility index (Phi) is 4.49. The Hall–Kier alpha value is -2.89. The molecule has 0 aromatic heterocycles. The number of benzene rings is 2. The molecule has 0 saturated heterocycles. The Morgan fingerprint density at radius 3 is 2.48 bits per heavy atom. The standard InChI is InChI=1S/C23H26N2O4/c1-27-18-9-6-16(7-10-18)21(15-4-5-15)25-22(26)24-17-8-11-19-20(14-17)29-23(28-19)12-2-3-13-23/h6-11,14-15,21H,2-5,12-13H2,1H3,(H2,24,25,26). The molecule has 1 unspecified atom stereocenters. The minimum Gasteiger partial charge on any atom is -0.497 e. The van der Waals surface area contributed by atoms with Crippen molar-refractivity contribution in [1.82, 2.24) is 5.32 Å². The normalized spacial score (nSPS) is 19.8. The fraction of sp³-hybridized carbons (Fsp3) is 0.435. The van der Waals surface area contributed by atoms with Crippen molar-refractivity contribution in [2.24, 2.45) is 5.92 Å². The Balaban J connectivity index is 1.25. The molecule has 3 aliphatic rings. The highest BCUT2D eigenvalue weighted by molar-refractivity contribution is 5.90. The zero-order chi connectivity index (χ0) is 19.8. The number of carbonyl (C=O) groups excluding carboxylic acids is 1. The molecule has 1 aliphatic heterocycles. The number of anilines is 1. The van der Waals surface area contributed by atoms with Gasteiger partial charge in [0.2, 0.25) is 0 Å². The van der Waals surface area contributed by atoms with Gasteiger partial charge in [-0.05, 0) is 61.4 Å². The van der Waals surface area contributed by atoms with Gasteiger partial charge in [0.05, 0.1) is 13.2 Å². The van der Waals surface area contributed by atoms with Crippen molar-refractivity contribution in [3.63, 3.8) is 0 Å². The van der Waals surface area contributed by atoms with Gasteiger partial charge in [0.25, 0.3) is 5.79 Å². The molecule has 0 bridgehead atoms. The van der Waals surface area contributed by atoms with Crippen LogP contribution in [0, 0.1) is 5.92 Å². The molecule has 5 rings (SSSR count). The van der Waals surface area contributed by atoms with E-state index in [9.17, 15) is 4.79 Å². The summed E-state index contributed by atoms with van der Waals surface area (Å²) in [5, 5.41) is 6.08. The highest BCUT2D eigenvalue weighted by atomic mass is 16.7. The number of ether oxygens (including phenoxy) is 3. The fourth-order valence-corrected chi connectivity index (χ4v) is 4.31. The first-order chi connectivity index (χ1) is 14.1. The Morgan fingerprint density at radius 2 is 1.79 bits per heavy atom. The summed E-state index contributed by atoms with van der Waals surface area (Å²) in [5.74, 6) is 2.26. The average molecular weight is 394 g/mol. The van der Waals surface area contributed by atoms with E-state index in [0.29, 0.717) is 17.4 Å². The van der Waals surface area contributed by atoms with E-state index >= 15 is 0 Å². The predicted molar refractivity (Wildman–Crippen MR) is 110 cm³/mol. The largest absolute Gasteiger partial charge is 0.497 e. The quantitative estimate of drug-likeness (QED) is 0.748. The number of rotatable bonds is 5. The molecule has 2 fully saturated rings. The first-order valence-electron chi connectivity index (χ1n) is 10.4. The van der Waals surface area contributed by atoms with Gasteiger partial charge in [-0.25, -0.2) is 4.79 Å². The Bertz CT molecular complexity index is 902. The van der Waals surface area contributed by atoms with Crippen LogP contribution in [0.4, 0.5) is 10.5 Å². The van der Waals surface area contributed by atoms with Crippen LogP contribution in [-0.2, 0) is 0 Å². The summed E-state index contributed by atoms with van der Waals surface area (Å²) in [5.41, 5.74) is 1.79. The molecule has 1 spiro atoms. The van der Waals surface area contributed by atoms with E-state index in [2.05, 4.69) is 10.6 Å². The van der Waals surface area contributed by atoms with E-state index in [-0.39, 0.29) is 12.1 Å². The van der Waals surface area contributed by atoms with Gasteiger partial charge < -0.3 is 24.8 Å². The van der Waals surface area contributed by atoms with Crippen molar-refractivity contribution in [3.8, 4) is 17.2 Å². The van der Waals surface area contributed by atoms with Crippen molar-refractivity contribution in [3.05, 3.63) is 48.0 Å². The maximum atomic E-state index is 12.7. The van der Waals surface area contributed by atoms with Gasteiger partial charge >= 0.3 is 6.03 Å². The van der Waals surface area contributed by atoms with Gasteiger partial charge in [-0.15, -0.1) is 0 Å². The molecular weight excluding hydrogens is 368 g/mol. The van der Waals surface area contributed by atoms with Crippen molar-refractivity contribution in [2.75, 3.05) is 12.4 Å². The van der Waals surface area contributed by atoms with Crippen LogP contribution < -0.4 is 24.8 Å². The van der Waals surface area contributed by atoms with Crippen LogP contribution in [0.15, 0.2) is 42.5 Å². The molecule has 2 amide bonds. The molecule has 2 aromatic rings. The third kappa shape index (κ3) is 3.71. The van der Waals surface area contributed by atoms with Crippen molar-refractivity contribution < 1.29 is 19.0 Å². The minimum atomic E-state index is -0.491. The molecule has 2 saturated carbocycles. The summed E-state index contributed by atoms with van der Waals surface area (Å²) in [6.07, 6.45) is 6.32. The van der Waals surface area contributed by atoms with Gasteiger partial charge in [-0.2, -0.15) is 0 Å². The van der Waals surface area contributed by atoms with E-state index < -0.39 is 5.79 Å². The molecule has 2 aromatic carbocycles. The van der Waals surface area contributed by atoms with Crippen LogP contribution in [-0.4, -0.2) is 18.9 Å². The number of fused-ring (bicyclic) bond motifs is 1. The van der Waals surface area contributed by atoms with Gasteiger partial charge in [0, 0.05) is 24.6 Å². The number of methoxy groups -OCH3 is 1. The minimum absolute atomic E-state index is 0.00308. The molecule has 29 heavy (non-hydrogen) atoms. The second kappa shape index (κ2) is 7.17. The highest BCUT2D eigenvalue weighted by Crippen LogP contribution is 2.47. The van der Waals surface area contributed by atoms with E-state index in [0.717, 1.165) is 55.6 Å². The summed E-state index contributed by atoms with van der Waals surface area (Å²) < 4.78 is 17.4. The number of hydrogen-bond donors (Lipinski definition) is 2. The van der Waals surface area contributed by atoms with E-state index in [1.807, 2.05) is 42.5 Å². The number of urea groups is 1. The molecule has 6 heteroatoms. The van der Waals surface area contributed by atoms with Crippen molar-refractivity contribution in [2.45, 2.75) is 50.4 Å². The molecule has 2 aliphatic carbocycles. The lowest BCUT2D eigenvalue weighted by atomic mass is 10.0. The average Bonchev–Trinajstić information content (AvgIpc) is 3.38. The topological polar surface area (TPSA) is 68.8 Å². The Morgan fingerprint density at radius 1 is 1.07 bits per heavy atom. The van der Waals surface area contributed by atoms with Gasteiger partial charge in [0.15, 0.2) is 11.5 Å². The fourth-order valence-electron chi connectivity index (χ4n) is 4.31. The van der Waals surface area contributed by atoms with Crippen molar-refractivity contribution >= 4 is 11.7 Å². The zero-order valence-corrected chi connectivity index (χ0v) is 16.6. The second-order valence-electron chi connectivity index (χ2n) is 8.17. The molecule has 0 radical (unpaired) electrons. The molecular formula is C23H26N2O4. The van der Waals surface area contributed by atoms with Crippen LogP contribution in [0.5, 0.6) is 17.2 Å². The maximum Gasteiger partial charge on any atom is 0.319 e. The first-order valence-corrected chi connectivity index (χ1v) is 10.4. The lowest BCUT2D eigenvalue weighted by Crippen LogP contribution is -2.34. The second-order valence-corrected chi connectivity index (χ2v) is 8.17. The van der Waals surface area contributed by atoms with E-state index in [1.54, 1.807) is 7.11 Å². The molecule has 6 nitrogen and oxygen atoms in total. The number of carbonyl (C=O) groups is 1. The summed E-state index contributed by atoms with van der Waals surface area (Å²) in [6.45, 7) is 0. The maximum absolute atomic E-state index is 12.7. The molecule has 152 valence electrons. The zero-order valence-electron chi connectivity index (χ0n) is 16.6. The Labute approximate surface area is 170 Å². The van der Waals surface area contributed by atoms with Crippen molar-refractivity contribution in [1.29, 1.82) is 0 Å². The van der Waals surface area contributed by atoms with Crippen LogP contribution >= 0.6 is 0 Å². The van der Waals surface area contributed by atoms with E-state index in [1.165, 1.54) is 0 Å². The number of amides is 2.